The molecular weight excluding hydrogens is 198 g/mol. The second-order valence-electron chi connectivity index (χ2n) is 3.05. The summed E-state index contributed by atoms with van der Waals surface area (Å²) in [4.78, 5) is 31.4. The molecule has 15 heavy (non-hydrogen) atoms. The number of Topliss-reactive ketones (excluding diaryl/α,β-unsaturated/α-hetero) is 1. The van der Waals surface area contributed by atoms with Gasteiger partial charge in [-0.15, -0.1) is 0 Å². The quantitative estimate of drug-likeness (QED) is 0.247. The van der Waals surface area contributed by atoms with Crippen molar-refractivity contribution in [2.45, 2.75) is 13.3 Å². The van der Waals surface area contributed by atoms with Crippen LogP contribution in [-0.2, 0) is 4.79 Å². The highest BCUT2D eigenvalue weighted by Gasteiger charge is 2.14. The van der Waals surface area contributed by atoms with Crippen LogP contribution in [0.15, 0.2) is 18.2 Å². The van der Waals surface area contributed by atoms with Crippen molar-refractivity contribution in [1.82, 2.24) is 0 Å². The van der Waals surface area contributed by atoms with E-state index in [1.165, 1.54) is 18.2 Å². The first-order chi connectivity index (χ1) is 7.06. The van der Waals surface area contributed by atoms with Gasteiger partial charge in [0.15, 0.2) is 5.78 Å². The van der Waals surface area contributed by atoms with E-state index >= 15 is 0 Å². The summed E-state index contributed by atoms with van der Waals surface area (Å²) in [7, 11) is 0. The third-order valence-electron chi connectivity index (χ3n) is 2.00. The minimum atomic E-state index is -0.549. The van der Waals surface area contributed by atoms with Crippen LogP contribution in [0.3, 0.4) is 0 Å². The van der Waals surface area contributed by atoms with Gasteiger partial charge < -0.3 is 4.79 Å². The lowest BCUT2D eigenvalue weighted by atomic mass is 10.1. The van der Waals surface area contributed by atoms with Gasteiger partial charge in [0.1, 0.15) is 6.29 Å². The Labute approximate surface area is 85.9 Å². The Kier molecular flexibility index (Phi) is 3.28. The summed E-state index contributed by atoms with van der Waals surface area (Å²) in [6.07, 6.45) is 0.230. The molecule has 1 aromatic rings. The van der Waals surface area contributed by atoms with Gasteiger partial charge in [0.05, 0.1) is 11.3 Å². The lowest BCUT2D eigenvalue weighted by molar-refractivity contribution is -0.385. The number of benzene rings is 1. The number of aryl methyl sites for hydroxylation is 1. The number of nitrogens with zero attached hydrogens (tertiary/aromatic N) is 1. The molecular formula is C10H9NO4. The first-order valence-electron chi connectivity index (χ1n) is 4.28. The number of nitro benzene ring substituents is 1. The lowest BCUT2D eigenvalue weighted by Crippen LogP contribution is -2.01. The number of rotatable bonds is 4. The predicted molar refractivity (Wildman–Crippen MR) is 52.8 cm³/mol. The Morgan fingerprint density at radius 3 is 2.73 bits per heavy atom. The van der Waals surface area contributed by atoms with Crippen LogP contribution in [0, 0.1) is 17.0 Å². The summed E-state index contributed by atoms with van der Waals surface area (Å²) in [6.45, 7) is 1.59. The third kappa shape index (κ3) is 2.46. The minimum absolute atomic E-state index is 0.105. The van der Waals surface area contributed by atoms with Gasteiger partial charge in [-0.3, -0.25) is 14.9 Å². The van der Waals surface area contributed by atoms with Crippen LogP contribution in [0.25, 0.3) is 0 Å². The molecule has 0 saturated carbocycles. The van der Waals surface area contributed by atoms with E-state index in [0.29, 0.717) is 11.8 Å². The fourth-order valence-electron chi connectivity index (χ4n) is 1.17. The molecule has 0 saturated heterocycles. The summed E-state index contributed by atoms with van der Waals surface area (Å²) in [5, 5.41) is 10.6. The van der Waals surface area contributed by atoms with Crippen LogP contribution in [0.2, 0.25) is 0 Å². The molecule has 0 aliphatic heterocycles. The number of carbonyl (C=O) groups excluding carboxylic acids is 2. The van der Waals surface area contributed by atoms with Crippen molar-refractivity contribution in [3.8, 4) is 0 Å². The van der Waals surface area contributed by atoms with E-state index < -0.39 is 10.7 Å². The maximum atomic E-state index is 11.3. The Hall–Kier alpha value is -2.04. The minimum Gasteiger partial charge on any atom is -0.303 e. The summed E-state index contributed by atoms with van der Waals surface area (Å²) < 4.78 is 0. The number of hydrogen-bond donors (Lipinski definition) is 0. The number of ketones is 1. The number of carbonyl (C=O) groups is 2. The van der Waals surface area contributed by atoms with Crippen molar-refractivity contribution < 1.29 is 14.5 Å². The van der Waals surface area contributed by atoms with Crippen molar-refractivity contribution in [1.29, 1.82) is 0 Å². The van der Waals surface area contributed by atoms with E-state index in [-0.39, 0.29) is 17.7 Å². The fraction of sp³-hybridized carbons (Fsp3) is 0.200. The molecule has 0 aliphatic rings. The Morgan fingerprint density at radius 1 is 1.53 bits per heavy atom. The maximum Gasteiger partial charge on any atom is 0.273 e. The molecule has 0 radical (unpaired) electrons. The Morgan fingerprint density at radius 2 is 2.20 bits per heavy atom. The molecule has 0 bridgehead atoms. The molecule has 1 aromatic carbocycles. The van der Waals surface area contributed by atoms with E-state index in [0.717, 1.165) is 0 Å². The van der Waals surface area contributed by atoms with Crippen molar-refractivity contribution in [3.05, 3.63) is 39.4 Å². The number of hydrogen-bond acceptors (Lipinski definition) is 4. The zero-order chi connectivity index (χ0) is 11.4. The maximum absolute atomic E-state index is 11.3. The van der Waals surface area contributed by atoms with Crippen molar-refractivity contribution in [2.24, 2.45) is 0 Å². The summed E-state index contributed by atoms with van der Waals surface area (Å²) in [6, 6.07) is 4.17. The van der Waals surface area contributed by atoms with E-state index in [2.05, 4.69) is 0 Å². The molecule has 0 fully saturated rings. The molecule has 5 nitrogen and oxygen atoms in total. The van der Waals surface area contributed by atoms with Gasteiger partial charge in [-0.2, -0.15) is 0 Å². The van der Waals surface area contributed by atoms with Gasteiger partial charge >= 0.3 is 0 Å². The summed E-state index contributed by atoms with van der Waals surface area (Å²) in [5.41, 5.74) is 0.578. The first kappa shape index (κ1) is 11.0. The average Bonchev–Trinajstić information content (AvgIpc) is 2.18. The molecule has 0 aliphatic carbocycles. The van der Waals surface area contributed by atoms with Crippen LogP contribution in [0.5, 0.6) is 0 Å². The SMILES string of the molecule is Cc1ccc(C(=O)CC=O)cc1[N+](=O)[O-]. The van der Waals surface area contributed by atoms with E-state index in [1.807, 2.05) is 0 Å². The van der Waals surface area contributed by atoms with Crippen LogP contribution >= 0.6 is 0 Å². The zero-order valence-corrected chi connectivity index (χ0v) is 8.10. The highest BCUT2D eigenvalue weighted by Crippen LogP contribution is 2.19. The monoisotopic (exact) mass is 207 g/mol. The summed E-state index contributed by atoms with van der Waals surface area (Å²) in [5.74, 6) is -0.409. The van der Waals surface area contributed by atoms with Crippen LogP contribution in [0.4, 0.5) is 5.69 Å². The largest absolute Gasteiger partial charge is 0.303 e. The van der Waals surface area contributed by atoms with Gasteiger partial charge in [0.25, 0.3) is 5.69 Å². The topological polar surface area (TPSA) is 77.3 Å². The van der Waals surface area contributed by atoms with Crippen molar-refractivity contribution >= 4 is 17.8 Å². The third-order valence-corrected chi connectivity index (χ3v) is 2.00. The predicted octanol–water partition coefficient (Wildman–Crippen LogP) is 1.67. The van der Waals surface area contributed by atoms with E-state index in [9.17, 15) is 19.7 Å². The molecule has 0 unspecified atom stereocenters. The van der Waals surface area contributed by atoms with Gasteiger partial charge in [-0.1, -0.05) is 12.1 Å². The van der Waals surface area contributed by atoms with E-state index in [4.69, 9.17) is 0 Å². The van der Waals surface area contributed by atoms with Gasteiger partial charge in [-0.25, -0.2) is 0 Å². The molecule has 0 amide bonds. The highest BCUT2D eigenvalue weighted by atomic mass is 16.6. The molecule has 5 heteroatoms. The molecule has 0 atom stereocenters. The fourth-order valence-corrected chi connectivity index (χ4v) is 1.17. The van der Waals surface area contributed by atoms with E-state index in [1.54, 1.807) is 6.92 Å². The highest BCUT2D eigenvalue weighted by molar-refractivity contribution is 6.03. The average molecular weight is 207 g/mol. The van der Waals surface area contributed by atoms with Crippen molar-refractivity contribution in [3.63, 3.8) is 0 Å². The molecule has 0 N–H and O–H groups in total. The Balaban J connectivity index is 3.12. The van der Waals surface area contributed by atoms with Gasteiger partial charge in [0.2, 0.25) is 0 Å². The molecule has 0 spiro atoms. The van der Waals surface area contributed by atoms with Gasteiger partial charge in [-0.05, 0) is 6.92 Å². The first-order valence-corrected chi connectivity index (χ1v) is 4.28. The standard InChI is InChI=1S/C10H9NO4/c1-7-2-3-8(10(13)4-5-12)6-9(7)11(14)15/h2-3,5-6H,4H2,1H3. The second-order valence-corrected chi connectivity index (χ2v) is 3.05. The van der Waals surface area contributed by atoms with Crippen LogP contribution in [-0.4, -0.2) is 17.0 Å². The smallest absolute Gasteiger partial charge is 0.273 e. The van der Waals surface area contributed by atoms with Crippen LogP contribution < -0.4 is 0 Å². The van der Waals surface area contributed by atoms with Crippen LogP contribution in [0.1, 0.15) is 22.3 Å². The van der Waals surface area contributed by atoms with Crippen molar-refractivity contribution in [2.75, 3.05) is 0 Å². The molecule has 0 aromatic heterocycles. The molecule has 78 valence electrons. The lowest BCUT2D eigenvalue weighted by Gasteiger charge is -2.00. The molecule has 1 rings (SSSR count). The number of nitro groups is 1. The summed E-state index contributed by atoms with van der Waals surface area (Å²) >= 11 is 0. The number of aldehydes is 1. The van der Waals surface area contributed by atoms with Gasteiger partial charge in [0, 0.05) is 17.2 Å². The molecule has 0 heterocycles. The second kappa shape index (κ2) is 4.45. The Bertz CT molecular complexity index is 425. The normalized spacial score (nSPS) is 9.67. The zero-order valence-electron chi connectivity index (χ0n) is 8.10.